The number of carbonyl (C=O) groups is 1. The van der Waals surface area contributed by atoms with Crippen LogP contribution in [-0.4, -0.2) is 11.1 Å². The van der Waals surface area contributed by atoms with Gasteiger partial charge in [0.15, 0.2) is 5.17 Å². The van der Waals surface area contributed by atoms with Gasteiger partial charge in [0.1, 0.15) is 12.4 Å². The average Bonchev–Trinajstić information content (AvgIpc) is 3.20. The Hall–Kier alpha value is -2.55. The zero-order valence-electron chi connectivity index (χ0n) is 19.6. The number of aliphatic imine (C=N–C) groups is 1. The van der Waals surface area contributed by atoms with Crippen LogP contribution in [0.4, 0.5) is 11.4 Å². The highest BCUT2D eigenvalue weighted by Gasteiger charge is 2.35. The van der Waals surface area contributed by atoms with Gasteiger partial charge in [0, 0.05) is 10.0 Å². The molecule has 0 atom stereocenters. The molecule has 4 aromatic carbocycles. The molecular formula is C29H18Br2Cl2N2O2S. The molecule has 1 aliphatic rings. The molecule has 5 rings (SSSR count). The molecule has 0 aliphatic carbocycles. The Morgan fingerprint density at radius 1 is 0.868 bits per heavy atom. The first-order valence-electron chi connectivity index (χ1n) is 11.4. The Kier molecular flexibility index (Phi) is 8.61. The first kappa shape index (κ1) is 27.0. The lowest BCUT2D eigenvalue weighted by molar-refractivity contribution is -0.113. The lowest BCUT2D eigenvalue weighted by Crippen LogP contribution is -2.28. The van der Waals surface area contributed by atoms with Crippen LogP contribution in [0.25, 0.3) is 6.08 Å². The van der Waals surface area contributed by atoms with Gasteiger partial charge in [-0.15, -0.1) is 0 Å². The van der Waals surface area contributed by atoms with E-state index in [1.165, 1.54) is 11.8 Å². The highest BCUT2D eigenvalue weighted by atomic mass is 79.9. The largest absolute Gasteiger partial charge is 0.487 e. The van der Waals surface area contributed by atoms with Crippen LogP contribution in [0.15, 0.2) is 110 Å². The van der Waals surface area contributed by atoms with Crippen LogP contribution in [0.3, 0.4) is 0 Å². The summed E-state index contributed by atoms with van der Waals surface area (Å²) < 4.78 is 7.59. The number of halogens is 4. The van der Waals surface area contributed by atoms with Gasteiger partial charge in [-0.3, -0.25) is 9.69 Å². The summed E-state index contributed by atoms with van der Waals surface area (Å²) in [4.78, 5) is 20.5. The summed E-state index contributed by atoms with van der Waals surface area (Å²) in [6.45, 7) is 0.438. The van der Waals surface area contributed by atoms with Crippen molar-refractivity contribution < 1.29 is 9.53 Å². The van der Waals surface area contributed by atoms with Gasteiger partial charge in [-0.2, -0.15) is 0 Å². The quantitative estimate of drug-likeness (QED) is 0.189. The molecule has 0 bridgehead atoms. The van der Waals surface area contributed by atoms with Crippen LogP contribution >= 0.6 is 66.8 Å². The summed E-state index contributed by atoms with van der Waals surface area (Å²) in [7, 11) is 0. The van der Waals surface area contributed by atoms with E-state index in [-0.39, 0.29) is 5.91 Å². The van der Waals surface area contributed by atoms with E-state index in [4.69, 9.17) is 32.9 Å². The molecule has 0 radical (unpaired) electrons. The molecule has 0 aromatic heterocycles. The molecular weight excluding hydrogens is 671 g/mol. The van der Waals surface area contributed by atoms with Crippen LogP contribution in [0.5, 0.6) is 5.75 Å². The van der Waals surface area contributed by atoms with E-state index < -0.39 is 0 Å². The number of amides is 1. The van der Waals surface area contributed by atoms with Crippen molar-refractivity contribution in [3.05, 3.63) is 126 Å². The summed E-state index contributed by atoms with van der Waals surface area (Å²) >= 11 is 20.7. The van der Waals surface area contributed by atoms with Gasteiger partial charge < -0.3 is 4.74 Å². The van der Waals surface area contributed by atoms with E-state index in [1.54, 1.807) is 41.3 Å². The zero-order chi connectivity index (χ0) is 26.6. The summed E-state index contributed by atoms with van der Waals surface area (Å²) in [5.74, 6) is 0.510. The number of benzene rings is 4. The van der Waals surface area contributed by atoms with Crippen LogP contribution in [0.1, 0.15) is 11.1 Å². The molecule has 38 heavy (non-hydrogen) atoms. The van der Waals surface area contributed by atoms with E-state index >= 15 is 0 Å². The van der Waals surface area contributed by atoms with Crippen LogP contribution in [0.2, 0.25) is 10.0 Å². The van der Waals surface area contributed by atoms with Crippen molar-refractivity contribution in [2.75, 3.05) is 4.90 Å². The molecule has 4 aromatic rings. The van der Waals surface area contributed by atoms with Gasteiger partial charge in [0.2, 0.25) is 0 Å². The lowest BCUT2D eigenvalue weighted by Gasteiger charge is -2.15. The predicted molar refractivity (Wildman–Crippen MR) is 166 cm³/mol. The van der Waals surface area contributed by atoms with Crippen molar-refractivity contribution >= 4 is 95.3 Å². The second-order valence-electron chi connectivity index (χ2n) is 8.19. The lowest BCUT2D eigenvalue weighted by atomic mass is 10.2. The minimum atomic E-state index is -0.179. The minimum Gasteiger partial charge on any atom is -0.487 e. The van der Waals surface area contributed by atoms with Gasteiger partial charge >= 0.3 is 0 Å². The van der Waals surface area contributed by atoms with Gasteiger partial charge in [-0.1, -0.05) is 53.5 Å². The van der Waals surface area contributed by atoms with E-state index in [2.05, 4.69) is 31.9 Å². The first-order chi connectivity index (χ1) is 18.4. The number of rotatable bonds is 6. The monoisotopic (exact) mass is 686 g/mol. The number of amidine groups is 1. The van der Waals surface area contributed by atoms with Crippen molar-refractivity contribution in [3.8, 4) is 5.75 Å². The fourth-order valence-corrected chi connectivity index (χ4v) is 6.38. The molecule has 4 nitrogen and oxygen atoms in total. The second kappa shape index (κ2) is 12.1. The molecule has 1 amide bonds. The topological polar surface area (TPSA) is 41.9 Å². The number of anilines is 1. The van der Waals surface area contributed by atoms with Gasteiger partial charge in [-0.05, 0) is 121 Å². The van der Waals surface area contributed by atoms with Gasteiger partial charge in [0.05, 0.1) is 25.2 Å². The first-order valence-corrected chi connectivity index (χ1v) is 14.5. The van der Waals surface area contributed by atoms with Gasteiger partial charge in [-0.25, -0.2) is 4.99 Å². The Labute approximate surface area is 251 Å². The Morgan fingerprint density at radius 2 is 1.47 bits per heavy atom. The number of hydrogen-bond donors (Lipinski definition) is 0. The number of carbonyl (C=O) groups excluding carboxylic acids is 1. The van der Waals surface area contributed by atoms with E-state index in [9.17, 15) is 4.79 Å². The van der Waals surface area contributed by atoms with Crippen molar-refractivity contribution in [1.82, 2.24) is 0 Å². The van der Waals surface area contributed by atoms with E-state index in [0.717, 1.165) is 20.1 Å². The molecule has 0 N–H and O–H groups in total. The van der Waals surface area contributed by atoms with Crippen LogP contribution in [-0.2, 0) is 11.4 Å². The maximum atomic E-state index is 13.6. The third-order valence-electron chi connectivity index (χ3n) is 5.49. The molecule has 190 valence electrons. The third kappa shape index (κ3) is 6.35. The standard InChI is InChI=1S/C29H18Br2Cl2N2O2S/c30-24-14-19(15-25(31)27(24)37-17-18-4-2-1-3-5-18)16-26-28(36)35(23-12-8-21(33)9-13-23)29(38-26)34-22-10-6-20(32)7-11-22/h1-16H,17H2/b26-16-,34-29?. The normalized spacial score (nSPS) is 15.5. The minimum absolute atomic E-state index is 0.179. The highest BCUT2D eigenvalue weighted by Crippen LogP contribution is 2.40. The van der Waals surface area contributed by atoms with E-state index in [0.29, 0.717) is 43.8 Å². The summed E-state index contributed by atoms with van der Waals surface area (Å²) in [5, 5.41) is 1.74. The SMILES string of the molecule is O=C1/C(=C/c2cc(Br)c(OCc3ccccc3)c(Br)c2)SC(=Nc2ccc(Cl)cc2)N1c1ccc(Cl)cc1. The van der Waals surface area contributed by atoms with Crippen molar-refractivity contribution in [2.45, 2.75) is 6.61 Å². The molecule has 1 aliphatic heterocycles. The third-order valence-corrected chi connectivity index (χ3v) is 8.14. The molecule has 0 unspecified atom stereocenters. The van der Waals surface area contributed by atoms with Gasteiger partial charge in [0.25, 0.3) is 5.91 Å². The van der Waals surface area contributed by atoms with Crippen LogP contribution < -0.4 is 9.64 Å². The smallest absolute Gasteiger partial charge is 0.271 e. The molecule has 0 spiro atoms. The van der Waals surface area contributed by atoms with Crippen molar-refractivity contribution in [3.63, 3.8) is 0 Å². The summed E-state index contributed by atoms with van der Waals surface area (Å²) in [6.07, 6.45) is 1.84. The number of nitrogens with zero attached hydrogens (tertiary/aromatic N) is 2. The Balaban J connectivity index is 1.46. The second-order valence-corrected chi connectivity index (χ2v) is 11.8. The summed E-state index contributed by atoms with van der Waals surface area (Å²) in [6, 6.07) is 28.0. The summed E-state index contributed by atoms with van der Waals surface area (Å²) in [5.41, 5.74) is 3.26. The fraction of sp³-hybridized carbons (Fsp3) is 0.0345. The molecule has 9 heteroatoms. The zero-order valence-corrected chi connectivity index (χ0v) is 25.1. The molecule has 1 fully saturated rings. The predicted octanol–water partition coefficient (Wildman–Crippen LogP) is 9.91. The Morgan fingerprint density at radius 3 is 2.11 bits per heavy atom. The maximum Gasteiger partial charge on any atom is 0.271 e. The number of thioether (sulfide) groups is 1. The van der Waals surface area contributed by atoms with E-state index in [1.807, 2.05) is 60.7 Å². The number of ether oxygens (including phenoxy) is 1. The molecule has 0 saturated carbocycles. The van der Waals surface area contributed by atoms with Crippen molar-refractivity contribution in [2.24, 2.45) is 4.99 Å². The number of hydrogen-bond acceptors (Lipinski definition) is 4. The van der Waals surface area contributed by atoms with Crippen LogP contribution in [0, 0.1) is 0 Å². The Bertz CT molecular complexity index is 1520. The fourth-order valence-electron chi connectivity index (χ4n) is 3.67. The molecule has 1 heterocycles. The average molecular weight is 689 g/mol. The maximum absolute atomic E-state index is 13.6. The van der Waals surface area contributed by atoms with Crippen molar-refractivity contribution in [1.29, 1.82) is 0 Å². The highest BCUT2D eigenvalue weighted by molar-refractivity contribution is 9.11. The molecule has 1 saturated heterocycles.